The van der Waals surface area contributed by atoms with Crippen LogP contribution in [0.3, 0.4) is 0 Å². The van der Waals surface area contributed by atoms with Crippen LogP contribution in [0.2, 0.25) is 10.1 Å². The molecule has 1 rings (SSSR count). The maximum atomic E-state index is 6.74. The summed E-state index contributed by atoms with van der Waals surface area (Å²) in [5.74, 6) is 0.600. The Balaban J connectivity index is 3.17. The smallest absolute Gasteiger partial charge is 0.349 e. The summed E-state index contributed by atoms with van der Waals surface area (Å²) >= 11 is 2.47. The first-order chi connectivity index (χ1) is 8.44. The normalized spacial score (nSPS) is 30.2. The fraction of sp³-hybridized carbons (Fsp3) is 1.00. The molecule has 0 saturated carbocycles. The molecule has 0 amide bonds. The van der Waals surface area contributed by atoms with Gasteiger partial charge in [-0.3, -0.25) is 0 Å². The lowest BCUT2D eigenvalue weighted by Crippen LogP contribution is -2.64. The molecule has 0 aromatic rings. The molecule has 0 unspecified atom stereocenters. The van der Waals surface area contributed by atoms with Crippen LogP contribution in [-0.2, 0) is 8.85 Å². The molecule has 1 aliphatic rings. The predicted molar refractivity (Wildman–Crippen MR) is 93.3 cm³/mol. The zero-order valence-electron chi connectivity index (χ0n) is 13.8. The van der Waals surface area contributed by atoms with E-state index in [1.807, 2.05) is 0 Å². The zero-order valence-corrected chi connectivity index (χ0v) is 17.0. The lowest BCUT2D eigenvalue weighted by Gasteiger charge is -2.55. The van der Waals surface area contributed by atoms with Gasteiger partial charge in [-0.15, -0.1) is 0 Å². The van der Waals surface area contributed by atoms with Crippen LogP contribution in [0.5, 0.6) is 0 Å². The second-order valence-corrected chi connectivity index (χ2v) is 13.7. The lowest BCUT2D eigenvalue weighted by atomic mass is 10.0. The highest BCUT2D eigenvalue weighted by Gasteiger charge is 2.61. The maximum Gasteiger partial charge on any atom is 0.349 e. The summed E-state index contributed by atoms with van der Waals surface area (Å²) in [4.78, 5) is 0. The Morgan fingerprint density at radius 3 is 1.95 bits per heavy atom. The Bertz CT molecular complexity index is 292. The molecular weight excluding hydrogens is 367 g/mol. The van der Waals surface area contributed by atoms with Gasteiger partial charge in [0.15, 0.2) is 0 Å². The van der Waals surface area contributed by atoms with E-state index in [2.05, 4.69) is 78.0 Å². The molecule has 0 bridgehead atoms. The molecule has 3 atom stereocenters. The standard InChI is InChI=1S/C15H31IO2Si/c1-11(10-16)13-9-12(2)17-19(18-13,14(3,4)5)15(6,7)8/h11-13H,9-10H2,1-8H3/t11-,12+,13-/m0/s1. The van der Waals surface area contributed by atoms with Crippen LogP contribution >= 0.6 is 22.6 Å². The van der Waals surface area contributed by atoms with Crippen molar-refractivity contribution in [3.8, 4) is 0 Å². The van der Waals surface area contributed by atoms with Gasteiger partial charge in [0.05, 0.1) is 6.10 Å². The average Bonchev–Trinajstić information content (AvgIpc) is 2.24. The first kappa shape index (κ1) is 17.9. The van der Waals surface area contributed by atoms with Crippen molar-refractivity contribution >= 4 is 31.2 Å². The molecule has 1 aliphatic heterocycles. The second kappa shape index (κ2) is 5.93. The van der Waals surface area contributed by atoms with Gasteiger partial charge >= 0.3 is 8.56 Å². The summed E-state index contributed by atoms with van der Waals surface area (Å²) in [7, 11) is -2.29. The van der Waals surface area contributed by atoms with Gasteiger partial charge in [-0.1, -0.05) is 71.1 Å². The number of halogens is 1. The van der Waals surface area contributed by atoms with Crippen LogP contribution in [-0.4, -0.2) is 25.2 Å². The Morgan fingerprint density at radius 2 is 1.58 bits per heavy atom. The minimum atomic E-state index is -2.29. The van der Waals surface area contributed by atoms with Gasteiger partial charge in [-0.25, -0.2) is 0 Å². The number of alkyl halides is 1. The van der Waals surface area contributed by atoms with Crippen LogP contribution < -0.4 is 0 Å². The fourth-order valence-corrected chi connectivity index (χ4v) is 8.93. The van der Waals surface area contributed by atoms with E-state index >= 15 is 0 Å². The van der Waals surface area contributed by atoms with Gasteiger partial charge in [-0.05, 0) is 19.3 Å². The minimum absolute atomic E-state index is 0.0865. The highest BCUT2D eigenvalue weighted by Crippen LogP contribution is 2.55. The van der Waals surface area contributed by atoms with Gasteiger partial charge < -0.3 is 8.85 Å². The van der Waals surface area contributed by atoms with Crippen LogP contribution in [0.15, 0.2) is 0 Å². The minimum Gasteiger partial charge on any atom is -0.391 e. The molecule has 4 heteroatoms. The zero-order chi connectivity index (χ0) is 15.1. The van der Waals surface area contributed by atoms with Crippen LogP contribution in [0.25, 0.3) is 0 Å². The van der Waals surface area contributed by atoms with Crippen molar-refractivity contribution in [1.82, 2.24) is 0 Å². The third-order valence-corrected chi connectivity index (χ3v) is 10.8. The molecule has 114 valence electrons. The molecule has 0 aliphatic carbocycles. The molecule has 2 nitrogen and oxygen atoms in total. The number of hydrogen-bond donors (Lipinski definition) is 0. The Labute approximate surface area is 134 Å². The first-order valence-corrected chi connectivity index (χ1v) is 10.7. The van der Waals surface area contributed by atoms with Gasteiger partial charge in [0, 0.05) is 20.6 Å². The van der Waals surface area contributed by atoms with Gasteiger partial charge in [0.1, 0.15) is 0 Å². The van der Waals surface area contributed by atoms with Crippen molar-refractivity contribution in [3.63, 3.8) is 0 Å². The van der Waals surface area contributed by atoms with Crippen LogP contribution in [0.4, 0.5) is 0 Å². The molecule has 1 fully saturated rings. The van der Waals surface area contributed by atoms with E-state index < -0.39 is 8.56 Å². The van der Waals surface area contributed by atoms with Crippen molar-refractivity contribution in [2.24, 2.45) is 5.92 Å². The molecule has 0 N–H and O–H groups in total. The Morgan fingerprint density at radius 1 is 1.11 bits per heavy atom. The quantitative estimate of drug-likeness (QED) is 0.357. The van der Waals surface area contributed by atoms with Crippen molar-refractivity contribution in [2.45, 2.75) is 84.1 Å². The van der Waals surface area contributed by atoms with Crippen molar-refractivity contribution in [1.29, 1.82) is 0 Å². The van der Waals surface area contributed by atoms with E-state index in [1.165, 1.54) is 0 Å². The molecule has 19 heavy (non-hydrogen) atoms. The molecule has 1 saturated heterocycles. The van der Waals surface area contributed by atoms with Crippen LogP contribution in [0.1, 0.15) is 61.8 Å². The molecule has 1 heterocycles. The molecule has 0 spiro atoms. The van der Waals surface area contributed by atoms with Crippen molar-refractivity contribution < 1.29 is 8.85 Å². The molecule has 0 aromatic carbocycles. The van der Waals surface area contributed by atoms with Crippen molar-refractivity contribution in [2.75, 3.05) is 4.43 Å². The van der Waals surface area contributed by atoms with E-state index in [0.717, 1.165) is 10.8 Å². The van der Waals surface area contributed by atoms with E-state index in [-0.39, 0.29) is 10.1 Å². The Hall–Kier alpha value is 0.867. The van der Waals surface area contributed by atoms with E-state index in [4.69, 9.17) is 8.85 Å². The van der Waals surface area contributed by atoms with Crippen LogP contribution in [0, 0.1) is 5.92 Å². The fourth-order valence-electron chi connectivity index (χ4n) is 3.23. The summed E-state index contributed by atoms with van der Waals surface area (Å²) in [6, 6.07) is 0. The van der Waals surface area contributed by atoms with Gasteiger partial charge in [-0.2, -0.15) is 0 Å². The molecule has 0 aromatic heterocycles. The van der Waals surface area contributed by atoms with E-state index in [9.17, 15) is 0 Å². The molecular formula is C15H31IO2Si. The predicted octanol–water partition coefficient (Wildman–Crippen LogP) is 5.29. The summed E-state index contributed by atoms with van der Waals surface area (Å²) in [5, 5.41) is 0.173. The second-order valence-electron chi connectivity index (χ2n) is 8.07. The first-order valence-electron chi connectivity index (χ1n) is 7.36. The van der Waals surface area contributed by atoms with E-state index in [0.29, 0.717) is 18.1 Å². The SMILES string of the molecule is C[C@@H]1C[C@@H]([C@@H](C)CI)O[Si](C(C)(C)C)(C(C)(C)C)O1. The van der Waals surface area contributed by atoms with Crippen molar-refractivity contribution in [3.05, 3.63) is 0 Å². The maximum absolute atomic E-state index is 6.74. The summed E-state index contributed by atoms with van der Waals surface area (Å²) in [6.45, 7) is 18.2. The Kier molecular flexibility index (Phi) is 5.59. The third-order valence-electron chi connectivity index (χ3n) is 4.10. The van der Waals surface area contributed by atoms with Gasteiger partial charge in [0.25, 0.3) is 0 Å². The highest BCUT2D eigenvalue weighted by atomic mass is 127. The highest BCUT2D eigenvalue weighted by molar-refractivity contribution is 14.1. The van der Waals surface area contributed by atoms with Gasteiger partial charge in [0.2, 0.25) is 0 Å². The third kappa shape index (κ3) is 3.55. The number of rotatable bonds is 2. The van der Waals surface area contributed by atoms with E-state index in [1.54, 1.807) is 0 Å². The number of hydrogen-bond acceptors (Lipinski definition) is 2. The average molecular weight is 398 g/mol. The topological polar surface area (TPSA) is 18.5 Å². The summed E-state index contributed by atoms with van der Waals surface area (Å²) < 4.78 is 14.4. The monoisotopic (exact) mass is 398 g/mol. The summed E-state index contributed by atoms with van der Waals surface area (Å²) in [6.07, 6.45) is 1.70. The lowest BCUT2D eigenvalue weighted by molar-refractivity contribution is -0.0337. The summed E-state index contributed by atoms with van der Waals surface area (Å²) in [5.41, 5.74) is 0. The largest absolute Gasteiger partial charge is 0.391 e. The molecule has 0 radical (unpaired) electrons.